The van der Waals surface area contributed by atoms with E-state index in [0.29, 0.717) is 23.0 Å². The van der Waals surface area contributed by atoms with E-state index in [9.17, 15) is 5.26 Å². The molecule has 4 nitrogen and oxygen atoms in total. The predicted octanol–water partition coefficient (Wildman–Crippen LogP) is 10.9. The van der Waals surface area contributed by atoms with Crippen molar-refractivity contribution in [2.75, 3.05) is 0 Å². The standard InChI is InChI=1S/C44H28N4/c45-29-30-19-21-31(22-20-30)36-15-7-8-16-38(36)41-28-27-37(39-17-9-10-18-40(39)41)32-23-25-35(26-24-32)44-47-42(33-11-3-1-4-12-33)46-43(48-44)34-13-5-2-6-14-34/h1-28H. The van der Waals surface area contributed by atoms with Gasteiger partial charge >= 0.3 is 0 Å². The van der Waals surface area contributed by atoms with Gasteiger partial charge in [0.05, 0.1) is 11.6 Å². The summed E-state index contributed by atoms with van der Waals surface area (Å²) in [6.45, 7) is 0. The van der Waals surface area contributed by atoms with Crippen LogP contribution in [0.5, 0.6) is 0 Å². The Kier molecular flexibility index (Phi) is 7.54. The smallest absolute Gasteiger partial charge is 0.164 e. The van der Waals surface area contributed by atoms with Crippen LogP contribution in [0, 0.1) is 11.3 Å². The zero-order valence-corrected chi connectivity index (χ0v) is 26.0. The van der Waals surface area contributed by atoms with Crippen LogP contribution in [0.4, 0.5) is 0 Å². The van der Waals surface area contributed by atoms with Crippen molar-refractivity contribution in [3.05, 3.63) is 175 Å². The second-order valence-corrected chi connectivity index (χ2v) is 11.6. The van der Waals surface area contributed by atoms with Crippen LogP contribution in [0.25, 0.3) is 78.3 Å². The minimum atomic E-state index is 0.633. The van der Waals surface area contributed by atoms with Gasteiger partial charge in [0.2, 0.25) is 0 Å². The van der Waals surface area contributed by atoms with Gasteiger partial charge in [0.1, 0.15) is 0 Å². The average Bonchev–Trinajstić information content (AvgIpc) is 3.18. The third-order valence-electron chi connectivity index (χ3n) is 8.62. The molecule has 0 aliphatic heterocycles. The maximum atomic E-state index is 9.29. The average molecular weight is 613 g/mol. The van der Waals surface area contributed by atoms with E-state index >= 15 is 0 Å². The fraction of sp³-hybridized carbons (Fsp3) is 0. The van der Waals surface area contributed by atoms with Crippen molar-refractivity contribution in [2.24, 2.45) is 0 Å². The fourth-order valence-corrected chi connectivity index (χ4v) is 6.22. The third kappa shape index (κ3) is 5.51. The van der Waals surface area contributed by atoms with Crippen LogP contribution in [0.2, 0.25) is 0 Å². The van der Waals surface area contributed by atoms with Crippen molar-refractivity contribution in [2.45, 2.75) is 0 Å². The summed E-state index contributed by atoms with van der Waals surface area (Å²) in [6.07, 6.45) is 0. The molecule has 48 heavy (non-hydrogen) atoms. The highest BCUT2D eigenvalue weighted by Gasteiger charge is 2.15. The molecule has 7 aromatic carbocycles. The molecule has 1 aromatic heterocycles. The van der Waals surface area contributed by atoms with Crippen molar-refractivity contribution in [3.8, 4) is 73.6 Å². The maximum absolute atomic E-state index is 9.29. The quantitative estimate of drug-likeness (QED) is 0.187. The molecule has 0 fully saturated rings. The summed E-state index contributed by atoms with van der Waals surface area (Å²) in [6, 6.07) is 60.0. The predicted molar refractivity (Wildman–Crippen MR) is 195 cm³/mol. The van der Waals surface area contributed by atoms with Crippen molar-refractivity contribution < 1.29 is 0 Å². The van der Waals surface area contributed by atoms with Crippen LogP contribution in [0.3, 0.4) is 0 Å². The molecule has 0 spiro atoms. The van der Waals surface area contributed by atoms with Gasteiger partial charge in [0.25, 0.3) is 0 Å². The molecule has 0 unspecified atom stereocenters. The molecule has 0 saturated heterocycles. The van der Waals surface area contributed by atoms with Gasteiger partial charge in [-0.05, 0) is 56.3 Å². The van der Waals surface area contributed by atoms with Crippen LogP contribution in [-0.4, -0.2) is 15.0 Å². The SMILES string of the molecule is N#Cc1ccc(-c2ccccc2-c2ccc(-c3ccc(-c4nc(-c5ccccc5)nc(-c5ccccc5)n4)cc3)c3ccccc23)cc1. The molecule has 0 radical (unpaired) electrons. The summed E-state index contributed by atoms with van der Waals surface area (Å²) in [5.74, 6) is 1.92. The Morgan fingerprint density at radius 3 is 1.27 bits per heavy atom. The number of nitrogens with zero attached hydrogens (tertiary/aromatic N) is 4. The number of rotatable bonds is 6. The van der Waals surface area contributed by atoms with Gasteiger partial charge < -0.3 is 0 Å². The van der Waals surface area contributed by atoms with E-state index in [1.54, 1.807) is 0 Å². The molecule has 0 aliphatic rings. The molecule has 0 amide bonds. The lowest BCUT2D eigenvalue weighted by molar-refractivity contribution is 1.07. The second kappa shape index (κ2) is 12.6. The number of benzene rings is 7. The summed E-state index contributed by atoms with van der Waals surface area (Å²) in [7, 11) is 0. The summed E-state index contributed by atoms with van der Waals surface area (Å²) in [5, 5.41) is 11.6. The molecule has 0 bridgehead atoms. The van der Waals surface area contributed by atoms with Gasteiger partial charge in [-0.3, -0.25) is 0 Å². The molecular formula is C44H28N4. The first kappa shape index (κ1) is 28.8. The Hall–Kier alpha value is -6.70. The van der Waals surface area contributed by atoms with Crippen molar-refractivity contribution in [1.29, 1.82) is 5.26 Å². The lowest BCUT2D eigenvalue weighted by atomic mass is 9.88. The number of nitriles is 1. The highest BCUT2D eigenvalue weighted by molar-refractivity contribution is 6.07. The van der Waals surface area contributed by atoms with E-state index in [0.717, 1.165) is 50.1 Å². The zero-order chi connectivity index (χ0) is 32.3. The van der Waals surface area contributed by atoms with Crippen LogP contribution >= 0.6 is 0 Å². The zero-order valence-electron chi connectivity index (χ0n) is 26.0. The molecule has 8 aromatic rings. The minimum Gasteiger partial charge on any atom is -0.208 e. The fourth-order valence-electron chi connectivity index (χ4n) is 6.22. The van der Waals surface area contributed by atoms with E-state index in [1.807, 2.05) is 84.9 Å². The number of hydrogen-bond acceptors (Lipinski definition) is 4. The first-order valence-corrected chi connectivity index (χ1v) is 15.8. The highest BCUT2D eigenvalue weighted by atomic mass is 15.0. The van der Waals surface area contributed by atoms with E-state index in [1.165, 1.54) is 10.8 Å². The van der Waals surface area contributed by atoms with Crippen molar-refractivity contribution in [1.82, 2.24) is 15.0 Å². The van der Waals surface area contributed by atoms with Gasteiger partial charge in [-0.2, -0.15) is 5.26 Å². The first-order valence-electron chi connectivity index (χ1n) is 15.8. The number of hydrogen-bond donors (Lipinski definition) is 0. The molecule has 0 atom stereocenters. The van der Waals surface area contributed by atoms with Crippen molar-refractivity contribution in [3.63, 3.8) is 0 Å². The largest absolute Gasteiger partial charge is 0.208 e. The van der Waals surface area contributed by atoms with Gasteiger partial charge in [-0.25, -0.2) is 15.0 Å². The van der Waals surface area contributed by atoms with Crippen LogP contribution in [0.1, 0.15) is 5.56 Å². The normalized spacial score (nSPS) is 10.9. The van der Waals surface area contributed by atoms with Gasteiger partial charge in [-0.1, -0.05) is 158 Å². The molecule has 0 aliphatic carbocycles. The summed E-state index contributed by atoms with van der Waals surface area (Å²) < 4.78 is 0. The maximum Gasteiger partial charge on any atom is 0.164 e. The van der Waals surface area contributed by atoms with E-state index in [-0.39, 0.29) is 0 Å². The third-order valence-corrected chi connectivity index (χ3v) is 8.62. The molecule has 224 valence electrons. The van der Waals surface area contributed by atoms with Gasteiger partial charge in [-0.15, -0.1) is 0 Å². The topological polar surface area (TPSA) is 62.5 Å². The monoisotopic (exact) mass is 612 g/mol. The minimum absolute atomic E-state index is 0.633. The van der Waals surface area contributed by atoms with Crippen LogP contribution in [0.15, 0.2) is 170 Å². The molecule has 0 N–H and O–H groups in total. The Bertz CT molecular complexity index is 2370. The summed E-state index contributed by atoms with van der Waals surface area (Å²) >= 11 is 0. The Balaban J connectivity index is 1.19. The molecule has 0 saturated carbocycles. The number of aromatic nitrogens is 3. The van der Waals surface area contributed by atoms with E-state index in [4.69, 9.17) is 15.0 Å². The van der Waals surface area contributed by atoms with Crippen LogP contribution in [-0.2, 0) is 0 Å². The van der Waals surface area contributed by atoms with Crippen LogP contribution < -0.4 is 0 Å². The molecular weight excluding hydrogens is 585 g/mol. The molecule has 1 heterocycles. The Morgan fingerprint density at radius 2 is 0.708 bits per heavy atom. The van der Waals surface area contributed by atoms with Crippen molar-refractivity contribution >= 4 is 10.8 Å². The summed E-state index contributed by atoms with van der Waals surface area (Å²) in [4.78, 5) is 14.6. The summed E-state index contributed by atoms with van der Waals surface area (Å²) in [5.41, 5.74) is 10.3. The Morgan fingerprint density at radius 1 is 0.312 bits per heavy atom. The molecule has 8 rings (SSSR count). The first-order chi connectivity index (χ1) is 23.7. The van der Waals surface area contributed by atoms with Gasteiger partial charge in [0.15, 0.2) is 17.5 Å². The number of fused-ring (bicyclic) bond motifs is 1. The second-order valence-electron chi connectivity index (χ2n) is 11.6. The van der Waals surface area contributed by atoms with E-state index in [2.05, 4.69) is 91.0 Å². The Labute approximate surface area is 279 Å². The van der Waals surface area contributed by atoms with E-state index < -0.39 is 0 Å². The highest BCUT2D eigenvalue weighted by Crippen LogP contribution is 2.40. The van der Waals surface area contributed by atoms with Gasteiger partial charge in [0, 0.05) is 16.7 Å². The lowest BCUT2D eigenvalue weighted by Gasteiger charge is -2.15. The molecule has 4 heteroatoms. The lowest BCUT2D eigenvalue weighted by Crippen LogP contribution is -2.00.